The highest BCUT2D eigenvalue weighted by Gasteiger charge is 2.30. The van der Waals surface area contributed by atoms with Crippen LogP contribution in [0.1, 0.15) is 25.3 Å². The van der Waals surface area contributed by atoms with Crippen LogP contribution in [0, 0.1) is 0 Å². The molecule has 8 nitrogen and oxygen atoms in total. The first kappa shape index (κ1) is 29.8. The average Bonchev–Trinajstić information content (AvgIpc) is 2.86. The van der Waals surface area contributed by atoms with Gasteiger partial charge in [-0.15, -0.1) is 0 Å². The van der Waals surface area contributed by atoms with Crippen molar-refractivity contribution in [3.63, 3.8) is 0 Å². The van der Waals surface area contributed by atoms with Crippen LogP contribution in [0.5, 0.6) is 11.5 Å². The molecule has 37 heavy (non-hydrogen) atoms. The molecule has 0 aliphatic rings. The molecule has 1 amide bonds. The van der Waals surface area contributed by atoms with E-state index in [1.165, 1.54) is 4.90 Å². The molecule has 0 saturated heterocycles. The number of para-hydroxylation sites is 1. The van der Waals surface area contributed by atoms with E-state index < -0.39 is 30.9 Å². The van der Waals surface area contributed by atoms with Crippen LogP contribution >= 0.6 is 0 Å². The highest BCUT2D eigenvalue weighted by atomic mass is 19.4. The molecule has 2 aromatic carbocycles. The van der Waals surface area contributed by atoms with Crippen molar-refractivity contribution in [1.82, 2.24) is 4.90 Å². The van der Waals surface area contributed by atoms with E-state index in [9.17, 15) is 27.9 Å². The summed E-state index contributed by atoms with van der Waals surface area (Å²) in [6.45, 7) is 0.936. The van der Waals surface area contributed by atoms with Gasteiger partial charge in [-0.3, -0.25) is 0 Å². The van der Waals surface area contributed by atoms with Gasteiger partial charge in [0, 0.05) is 19.6 Å². The lowest BCUT2D eigenvalue weighted by Crippen LogP contribution is -2.37. The van der Waals surface area contributed by atoms with E-state index in [0.717, 1.165) is 5.56 Å². The molecule has 0 aliphatic heterocycles. The molecule has 2 rings (SSSR count). The van der Waals surface area contributed by atoms with Crippen LogP contribution in [0.3, 0.4) is 0 Å². The summed E-state index contributed by atoms with van der Waals surface area (Å²) in [7, 11) is 0. The van der Waals surface area contributed by atoms with Gasteiger partial charge in [0.25, 0.3) is 0 Å². The number of unbranched alkanes of at least 4 members (excludes halogenated alkanes) is 1. The summed E-state index contributed by atoms with van der Waals surface area (Å²) in [5, 5.41) is 9.20. The molecule has 11 heteroatoms. The zero-order valence-electron chi connectivity index (χ0n) is 20.6. The lowest BCUT2D eigenvalue weighted by atomic mass is 10.1. The maximum Gasteiger partial charge on any atom is 0.422 e. The van der Waals surface area contributed by atoms with E-state index in [-0.39, 0.29) is 32.7 Å². The Balaban J connectivity index is 1.83. The minimum absolute atomic E-state index is 0.0173. The number of ether oxygens (including phenoxy) is 4. The van der Waals surface area contributed by atoms with Gasteiger partial charge >= 0.3 is 18.2 Å². The topological polar surface area (TPSA) is 94.5 Å². The molecule has 204 valence electrons. The number of rotatable bonds is 16. The second-order valence-corrected chi connectivity index (χ2v) is 8.00. The van der Waals surface area contributed by atoms with Gasteiger partial charge < -0.3 is 29.0 Å². The van der Waals surface area contributed by atoms with E-state index in [2.05, 4.69) is 4.74 Å². The van der Waals surface area contributed by atoms with Gasteiger partial charge in [0.1, 0.15) is 18.1 Å². The Labute approximate surface area is 213 Å². The number of amides is 1. The SMILES string of the molecule is CCOC(Cc1ccc(OCCN(CCCCOc2ccccc2)C(=O)OCC(F)(F)F)cc1)C(=O)O. The van der Waals surface area contributed by atoms with Crippen molar-refractivity contribution in [2.45, 2.75) is 38.5 Å². The Kier molecular flexibility index (Phi) is 12.5. The summed E-state index contributed by atoms with van der Waals surface area (Å²) in [5.74, 6) is 0.123. The summed E-state index contributed by atoms with van der Waals surface area (Å²) < 4.78 is 58.3. The number of aliphatic carboxylic acids is 1. The van der Waals surface area contributed by atoms with Crippen molar-refractivity contribution in [3.8, 4) is 11.5 Å². The second-order valence-electron chi connectivity index (χ2n) is 8.00. The molecule has 1 unspecified atom stereocenters. The van der Waals surface area contributed by atoms with Crippen molar-refractivity contribution < 1.29 is 46.8 Å². The molecule has 0 spiro atoms. The highest BCUT2D eigenvalue weighted by Crippen LogP contribution is 2.17. The number of benzene rings is 2. The minimum Gasteiger partial charge on any atom is -0.494 e. The Morgan fingerprint density at radius 3 is 2.19 bits per heavy atom. The van der Waals surface area contributed by atoms with Crippen molar-refractivity contribution in [2.24, 2.45) is 0 Å². The molecule has 0 saturated carbocycles. The third-order valence-electron chi connectivity index (χ3n) is 5.07. The zero-order chi connectivity index (χ0) is 27.1. The van der Waals surface area contributed by atoms with Gasteiger partial charge in [0.15, 0.2) is 12.7 Å². The van der Waals surface area contributed by atoms with Gasteiger partial charge in [0.2, 0.25) is 0 Å². The number of halogens is 3. The van der Waals surface area contributed by atoms with Gasteiger partial charge in [-0.25, -0.2) is 9.59 Å². The van der Waals surface area contributed by atoms with Gasteiger partial charge in [0.05, 0.1) is 13.2 Å². The second kappa shape index (κ2) is 15.6. The molecule has 0 bridgehead atoms. The number of hydrogen-bond acceptors (Lipinski definition) is 6. The molecule has 1 N–H and O–H groups in total. The predicted octanol–water partition coefficient (Wildman–Crippen LogP) is 4.96. The minimum atomic E-state index is -4.62. The van der Waals surface area contributed by atoms with Crippen molar-refractivity contribution in [2.75, 3.05) is 39.5 Å². The molecule has 2 aromatic rings. The summed E-state index contributed by atoms with van der Waals surface area (Å²) in [5.41, 5.74) is 0.739. The van der Waals surface area contributed by atoms with Crippen LogP contribution in [-0.4, -0.2) is 73.9 Å². The fraction of sp³-hybridized carbons (Fsp3) is 0.462. The molecule has 1 atom stereocenters. The number of nitrogens with zero attached hydrogens (tertiary/aromatic N) is 1. The van der Waals surface area contributed by atoms with Crippen LogP contribution < -0.4 is 9.47 Å². The van der Waals surface area contributed by atoms with E-state index in [1.54, 1.807) is 31.2 Å². The highest BCUT2D eigenvalue weighted by molar-refractivity contribution is 5.72. The first-order valence-electron chi connectivity index (χ1n) is 11.9. The molecular formula is C26H32F3NO7. The maximum atomic E-state index is 12.5. The number of carbonyl (C=O) groups is 2. The lowest BCUT2D eigenvalue weighted by molar-refractivity contribution is -0.162. The Morgan fingerprint density at radius 1 is 0.919 bits per heavy atom. The van der Waals surface area contributed by atoms with Crippen LogP contribution in [0.2, 0.25) is 0 Å². The van der Waals surface area contributed by atoms with E-state index >= 15 is 0 Å². The quantitative estimate of drug-likeness (QED) is 0.309. The van der Waals surface area contributed by atoms with E-state index in [0.29, 0.717) is 30.9 Å². The van der Waals surface area contributed by atoms with Crippen molar-refractivity contribution in [1.29, 1.82) is 0 Å². The first-order chi connectivity index (χ1) is 17.7. The Morgan fingerprint density at radius 2 is 1.57 bits per heavy atom. The van der Waals surface area contributed by atoms with Crippen molar-refractivity contribution in [3.05, 3.63) is 60.2 Å². The van der Waals surface area contributed by atoms with Gasteiger partial charge in [-0.05, 0) is 49.6 Å². The number of alkyl halides is 3. The molecular weight excluding hydrogens is 495 g/mol. The Hall–Kier alpha value is -3.47. The predicted molar refractivity (Wildman–Crippen MR) is 129 cm³/mol. The Bertz CT molecular complexity index is 939. The number of carbonyl (C=O) groups excluding carboxylic acids is 1. The number of carboxylic acids is 1. The van der Waals surface area contributed by atoms with E-state index in [1.807, 2.05) is 30.3 Å². The lowest BCUT2D eigenvalue weighted by Gasteiger charge is -2.22. The first-order valence-corrected chi connectivity index (χ1v) is 11.9. The molecule has 0 radical (unpaired) electrons. The summed E-state index contributed by atoms with van der Waals surface area (Å²) in [6.07, 6.45) is -5.38. The summed E-state index contributed by atoms with van der Waals surface area (Å²) in [4.78, 5) is 24.6. The smallest absolute Gasteiger partial charge is 0.422 e. The van der Waals surface area contributed by atoms with Crippen LogP contribution in [0.15, 0.2) is 54.6 Å². The van der Waals surface area contributed by atoms with Gasteiger partial charge in [-0.1, -0.05) is 30.3 Å². The summed E-state index contributed by atoms with van der Waals surface area (Å²) in [6, 6.07) is 15.9. The largest absolute Gasteiger partial charge is 0.494 e. The molecule has 0 aliphatic carbocycles. The van der Waals surface area contributed by atoms with Crippen molar-refractivity contribution >= 4 is 12.1 Å². The van der Waals surface area contributed by atoms with Crippen LogP contribution in [0.25, 0.3) is 0 Å². The van der Waals surface area contributed by atoms with Crippen LogP contribution in [0.4, 0.5) is 18.0 Å². The zero-order valence-corrected chi connectivity index (χ0v) is 20.6. The fourth-order valence-corrected chi connectivity index (χ4v) is 3.27. The third kappa shape index (κ3) is 12.4. The average molecular weight is 528 g/mol. The monoisotopic (exact) mass is 527 g/mol. The molecule has 0 fully saturated rings. The number of hydrogen-bond donors (Lipinski definition) is 1. The maximum absolute atomic E-state index is 12.5. The van der Waals surface area contributed by atoms with Gasteiger partial charge in [-0.2, -0.15) is 13.2 Å². The molecule has 0 aromatic heterocycles. The third-order valence-corrected chi connectivity index (χ3v) is 5.07. The number of carboxylic acid groups (broad SMARTS) is 1. The standard InChI is InChI=1S/C26H32F3NO7/c1-2-34-23(24(31)32)18-20-10-12-22(13-11-20)36-17-15-30(25(33)37-19-26(27,28)29)14-6-7-16-35-21-8-4-3-5-9-21/h3-5,8-13,23H,2,6-7,14-19H2,1H3,(H,31,32). The van der Waals surface area contributed by atoms with Crippen LogP contribution in [-0.2, 0) is 20.7 Å². The normalized spacial score (nSPS) is 12.0. The molecule has 0 heterocycles. The van der Waals surface area contributed by atoms with E-state index in [4.69, 9.17) is 14.2 Å². The summed E-state index contributed by atoms with van der Waals surface area (Å²) >= 11 is 0. The fourth-order valence-electron chi connectivity index (χ4n) is 3.27.